The van der Waals surface area contributed by atoms with Gasteiger partial charge in [0, 0.05) is 12.7 Å². The summed E-state index contributed by atoms with van der Waals surface area (Å²) >= 11 is 5.79. The predicted molar refractivity (Wildman–Crippen MR) is 84.9 cm³/mol. The Kier molecular flexibility index (Phi) is 4.75. The first-order valence-corrected chi connectivity index (χ1v) is 6.90. The van der Waals surface area contributed by atoms with Crippen molar-refractivity contribution in [2.75, 3.05) is 23.8 Å². The number of benzene rings is 1. The van der Waals surface area contributed by atoms with Gasteiger partial charge < -0.3 is 10.2 Å². The lowest BCUT2D eigenvalue weighted by molar-refractivity contribution is -0.114. The summed E-state index contributed by atoms with van der Waals surface area (Å²) in [7, 11) is 1.77. The van der Waals surface area contributed by atoms with Crippen LogP contribution in [0.2, 0.25) is 5.15 Å². The van der Waals surface area contributed by atoms with E-state index in [1.807, 2.05) is 32.0 Å². The smallest absolute Gasteiger partial charge is 0.243 e. The van der Waals surface area contributed by atoms with Crippen LogP contribution in [0.3, 0.4) is 0 Å². The van der Waals surface area contributed by atoms with E-state index in [9.17, 15) is 4.79 Å². The summed E-state index contributed by atoms with van der Waals surface area (Å²) in [5, 5.41) is 3.20. The van der Waals surface area contributed by atoms with Crippen molar-refractivity contribution in [1.29, 1.82) is 0 Å². The van der Waals surface area contributed by atoms with Crippen molar-refractivity contribution < 1.29 is 4.79 Å². The van der Waals surface area contributed by atoms with Crippen molar-refractivity contribution in [2.45, 2.75) is 13.8 Å². The second-order valence-corrected chi connectivity index (χ2v) is 5.24. The molecule has 0 bridgehead atoms. The Hall–Kier alpha value is -2.14. The number of nitrogens with zero attached hydrogens (tertiary/aromatic N) is 3. The second kappa shape index (κ2) is 6.54. The Bertz CT molecular complexity index is 660. The zero-order chi connectivity index (χ0) is 15.4. The molecule has 0 fully saturated rings. The van der Waals surface area contributed by atoms with Gasteiger partial charge in [-0.1, -0.05) is 23.7 Å². The van der Waals surface area contributed by atoms with Gasteiger partial charge in [0.25, 0.3) is 0 Å². The van der Waals surface area contributed by atoms with Crippen LogP contribution in [-0.2, 0) is 4.79 Å². The van der Waals surface area contributed by atoms with Gasteiger partial charge in [0.2, 0.25) is 5.91 Å². The number of anilines is 2. The maximum absolute atomic E-state index is 12.1. The van der Waals surface area contributed by atoms with E-state index in [0.29, 0.717) is 11.0 Å². The lowest BCUT2D eigenvalue weighted by Gasteiger charge is -2.18. The van der Waals surface area contributed by atoms with Gasteiger partial charge in [-0.25, -0.2) is 4.98 Å². The normalized spacial score (nSPS) is 10.3. The minimum Gasteiger partial charge on any atom is -0.349 e. The second-order valence-electron chi connectivity index (χ2n) is 4.85. The van der Waals surface area contributed by atoms with E-state index in [4.69, 9.17) is 11.6 Å². The third kappa shape index (κ3) is 3.92. The standard InChI is InChI=1S/C15H17ClN4O/c1-10-5-4-6-12(11(10)2)18-15(21)9-20(3)14-8-17-7-13(16)19-14/h4-8H,9H2,1-3H3,(H,18,21). The van der Waals surface area contributed by atoms with E-state index >= 15 is 0 Å². The van der Waals surface area contributed by atoms with Crippen molar-refractivity contribution in [3.05, 3.63) is 46.9 Å². The molecule has 1 aromatic carbocycles. The molecule has 0 spiro atoms. The zero-order valence-electron chi connectivity index (χ0n) is 12.2. The topological polar surface area (TPSA) is 58.1 Å². The highest BCUT2D eigenvalue weighted by atomic mass is 35.5. The van der Waals surface area contributed by atoms with E-state index in [1.54, 1.807) is 18.1 Å². The lowest BCUT2D eigenvalue weighted by atomic mass is 10.1. The fourth-order valence-electron chi connectivity index (χ4n) is 1.89. The highest BCUT2D eigenvalue weighted by Crippen LogP contribution is 2.18. The number of nitrogens with one attached hydrogen (secondary N) is 1. The molecule has 110 valence electrons. The van der Waals surface area contributed by atoms with Gasteiger partial charge in [-0.3, -0.25) is 9.78 Å². The van der Waals surface area contributed by atoms with Gasteiger partial charge in [0.15, 0.2) is 0 Å². The highest BCUT2D eigenvalue weighted by Gasteiger charge is 2.11. The Labute approximate surface area is 129 Å². The molecule has 1 amide bonds. The molecule has 0 saturated heterocycles. The molecule has 0 aliphatic rings. The summed E-state index contributed by atoms with van der Waals surface area (Å²) in [5.74, 6) is 0.437. The monoisotopic (exact) mass is 304 g/mol. The number of amides is 1. The summed E-state index contributed by atoms with van der Waals surface area (Å²) < 4.78 is 0. The number of likely N-dealkylation sites (N-methyl/N-ethyl adjacent to an activating group) is 1. The highest BCUT2D eigenvalue weighted by molar-refractivity contribution is 6.29. The molecule has 0 radical (unpaired) electrons. The van der Waals surface area contributed by atoms with E-state index < -0.39 is 0 Å². The van der Waals surface area contributed by atoms with E-state index in [1.165, 1.54) is 6.20 Å². The van der Waals surface area contributed by atoms with Crippen LogP contribution >= 0.6 is 11.6 Å². The van der Waals surface area contributed by atoms with E-state index in [0.717, 1.165) is 16.8 Å². The molecule has 0 atom stereocenters. The lowest BCUT2D eigenvalue weighted by Crippen LogP contribution is -2.30. The average Bonchev–Trinajstić information content (AvgIpc) is 2.44. The Morgan fingerprint density at radius 2 is 2.10 bits per heavy atom. The largest absolute Gasteiger partial charge is 0.349 e. The first-order valence-electron chi connectivity index (χ1n) is 6.52. The predicted octanol–water partition coefficient (Wildman–Crippen LogP) is 2.82. The van der Waals surface area contributed by atoms with Crippen LogP contribution < -0.4 is 10.2 Å². The molecule has 0 saturated carbocycles. The Morgan fingerprint density at radius 1 is 1.33 bits per heavy atom. The number of carbonyl (C=O) groups excluding carboxylic acids is 1. The zero-order valence-corrected chi connectivity index (χ0v) is 13.0. The van der Waals surface area contributed by atoms with Crippen LogP contribution in [0.25, 0.3) is 0 Å². The molecule has 1 aromatic heterocycles. The number of hydrogen-bond acceptors (Lipinski definition) is 4. The number of aryl methyl sites for hydroxylation is 1. The minimum atomic E-state index is -0.118. The van der Waals surface area contributed by atoms with Crippen molar-refractivity contribution >= 4 is 29.0 Å². The summed E-state index contributed by atoms with van der Waals surface area (Å²) in [6.45, 7) is 4.16. The Balaban J connectivity index is 2.03. The molecule has 21 heavy (non-hydrogen) atoms. The van der Waals surface area contributed by atoms with Gasteiger partial charge in [-0.2, -0.15) is 0 Å². The molecule has 0 aliphatic carbocycles. The maximum Gasteiger partial charge on any atom is 0.243 e. The van der Waals surface area contributed by atoms with Crippen LogP contribution in [0, 0.1) is 13.8 Å². The third-order valence-corrected chi connectivity index (χ3v) is 3.43. The average molecular weight is 305 g/mol. The quantitative estimate of drug-likeness (QED) is 0.943. The fourth-order valence-corrected chi connectivity index (χ4v) is 2.03. The third-order valence-electron chi connectivity index (χ3n) is 3.24. The number of rotatable bonds is 4. The first-order chi connectivity index (χ1) is 9.97. The molecule has 2 aromatic rings. The van der Waals surface area contributed by atoms with Gasteiger partial charge in [0.1, 0.15) is 11.0 Å². The number of aromatic nitrogens is 2. The van der Waals surface area contributed by atoms with E-state index in [2.05, 4.69) is 15.3 Å². The van der Waals surface area contributed by atoms with Crippen LogP contribution in [0.4, 0.5) is 11.5 Å². The summed E-state index contributed by atoms with van der Waals surface area (Å²) in [6, 6.07) is 5.82. The van der Waals surface area contributed by atoms with Crippen molar-refractivity contribution in [3.63, 3.8) is 0 Å². The van der Waals surface area contributed by atoms with Gasteiger partial charge >= 0.3 is 0 Å². The molecule has 1 N–H and O–H groups in total. The van der Waals surface area contributed by atoms with Crippen molar-refractivity contribution in [3.8, 4) is 0 Å². The molecule has 6 heteroatoms. The molecule has 1 heterocycles. The minimum absolute atomic E-state index is 0.118. The number of hydrogen-bond donors (Lipinski definition) is 1. The summed E-state index contributed by atoms with van der Waals surface area (Å²) in [5.41, 5.74) is 3.03. The van der Waals surface area contributed by atoms with Crippen LogP contribution in [0.1, 0.15) is 11.1 Å². The van der Waals surface area contributed by atoms with Gasteiger partial charge in [0.05, 0.1) is 18.9 Å². The Morgan fingerprint density at radius 3 is 2.81 bits per heavy atom. The first kappa shape index (κ1) is 15.3. The molecule has 5 nitrogen and oxygen atoms in total. The van der Waals surface area contributed by atoms with Crippen LogP contribution in [0.5, 0.6) is 0 Å². The molecule has 2 rings (SSSR count). The van der Waals surface area contributed by atoms with E-state index in [-0.39, 0.29) is 12.5 Å². The van der Waals surface area contributed by atoms with Crippen molar-refractivity contribution in [2.24, 2.45) is 0 Å². The summed E-state index contributed by atoms with van der Waals surface area (Å²) in [6.07, 6.45) is 3.02. The molecular formula is C15H17ClN4O. The molecule has 0 unspecified atom stereocenters. The number of halogens is 1. The fraction of sp³-hybridized carbons (Fsp3) is 0.267. The molecular weight excluding hydrogens is 288 g/mol. The summed E-state index contributed by atoms with van der Waals surface area (Å²) in [4.78, 5) is 21.9. The molecule has 0 aliphatic heterocycles. The van der Waals surface area contributed by atoms with Crippen LogP contribution in [-0.4, -0.2) is 29.5 Å². The van der Waals surface area contributed by atoms with Gasteiger partial charge in [-0.05, 0) is 31.0 Å². The van der Waals surface area contributed by atoms with Crippen molar-refractivity contribution in [1.82, 2.24) is 9.97 Å². The number of carbonyl (C=O) groups is 1. The van der Waals surface area contributed by atoms with Crippen LogP contribution in [0.15, 0.2) is 30.6 Å². The maximum atomic E-state index is 12.1. The van der Waals surface area contributed by atoms with Gasteiger partial charge in [-0.15, -0.1) is 0 Å². The SMILES string of the molecule is Cc1cccc(NC(=O)CN(C)c2cncc(Cl)n2)c1C.